The van der Waals surface area contributed by atoms with Crippen LogP contribution >= 0.6 is 0 Å². The summed E-state index contributed by atoms with van der Waals surface area (Å²) in [6.07, 6.45) is 4.37. The molecule has 1 aliphatic carbocycles. The molecule has 3 aromatic rings. The van der Waals surface area contributed by atoms with Crippen molar-refractivity contribution in [2.45, 2.75) is 58.2 Å². The van der Waals surface area contributed by atoms with Crippen LogP contribution < -0.4 is 19.6 Å². The molecule has 4 rings (SSSR count). The highest BCUT2D eigenvalue weighted by molar-refractivity contribution is 5.86. The van der Waals surface area contributed by atoms with Gasteiger partial charge in [-0.2, -0.15) is 0 Å². The van der Waals surface area contributed by atoms with Crippen LogP contribution in [0, 0.1) is 0 Å². The van der Waals surface area contributed by atoms with Crippen LogP contribution in [0.1, 0.15) is 46.5 Å². The number of hydrogen-bond acceptors (Lipinski definition) is 8. The average molecular weight is 483 g/mol. The normalized spacial score (nSPS) is 14.2. The van der Waals surface area contributed by atoms with Gasteiger partial charge in [0, 0.05) is 23.8 Å². The van der Waals surface area contributed by atoms with Gasteiger partial charge < -0.3 is 28.5 Å². The third-order valence-corrected chi connectivity index (χ3v) is 5.60. The maximum Gasteiger partial charge on any atom is 0.344 e. The minimum atomic E-state index is -0.646. The van der Waals surface area contributed by atoms with Crippen LogP contribution in [-0.4, -0.2) is 36.5 Å². The molecule has 1 heterocycles. The van der Waals surface area contributed by atoms with Crippen LogP contribution in [0.3, 0.4) is 0 Å². The van der Waals surface area contributed by atoms with E-state index >= 15 is 0 Å². The Labute approximate surface area is 203 Å². The van der Waals surface area contributed by atoms with Crippen LogP contribution in [0.25, 0.3) is 22.3 Å². The second-order valence-electron chi connectivity index (χ2n) is 9.56. The van der Waals surface area contributed by atoms with Crippen LogP contribution in [0.5, 0.6) is 23.0 Å². The van der Waals surface area contributed by atoms with Crippen molar-refractivity contribution in [1.29, 1.82) is 0 Å². The minimum Gasteiger partial charge on any atom is -0.507 e. The lowest BCUT2D eigenvalue weighted by atomic mass is 10.1. The summed E-state index contributed by atoms with van der Waals surface area (Å²) in [6, 6.07) is 9.37. The monoisotopic (exact) mass is 482 g/mol. The Balaban J connectivity index is 1.65. The number of phenols is 1. The van der Waals surface area contributed by atoms with Crippen LogP contribution in [0.15, 0.2) is 45.6 Å². The van der Waals surface area contributed by atoms with Crippen molar-refractivity contribution in [3.63, 3.8) is 0 Å². The molecule has 0 aliphatic heterocycles. The fourth-order valence-electron chi connectivity index (χ4n) is 4.09. The summed E-state index contributed by atoms with van der Waals surface area (Å²) in [5, 5.41) is 10.4. The average Bonchev–Trinajstić information content (AvgIpc) is 3.29. The highest BCUT2D eigenvalue weighted by Crippen LogP contribution is 2.37. The van der Waals surface area contributed by atoms with Crippen molar-refractivity contribution in [3.8, 4) is 34.3 Å². The van der Waals surface area contributed by atoms with E-state index in [2.05, 4.69) is 0 Å². The zero-order chi connectivity index (χ0) is 25.2. The number of aromatic hydroxyl groups is 1. The molecule has 0 amide bonds. The van der Waals surface area contributed by atoms with Crippen LogP contribution in [0.2, 0.25) is 0 Å². The Hall–Kier alpha value is -3.68. The van der Waals surface area contributed by atoms with E-state index < -0.39 is 17.0 Å². The number of methoxy groups -OCH3 is 1. The second-order valence-corrected chi connectivity index (χ2v) is 9.56. The van der Waals surface area contributed by atoms with E-state index in [4.69, 9.17) is 23.4 Å². The fraction of sp³-hybridized carbons (Fsp3) is 0.407. The highest BCUT2D eigenvalue weighted by atomic mass is 16.6. The van der Waals surface area contributed by atoms with E-state index in [1.54, 1.807) is 46.1 Å². The third kappa shape index (κ3) is 5.88. The zero-order valence-corrected chi connectivity index (χ0v) is 20.4. The summed E-state index contributed by atoms with van der Waals surface area (Å²) in [4.78, 5) is 24.8. The molecule has 8 nitrogen and oxygen atoms in total. The molecule has 1 saturated carbocycles. The predicted octanol–water partition coefficient (Wildman–Crippen LogP) is 5.22. The first-order valence-corrected chi connectivity index (χ1v) is 11.6. The lowest BCUT2D eigenvalue weighted by Crippen LogP contribution is -2.27. The Bertz CT molecular complexity index is 1280. The lowest BCUT2D eigenvalue weighted by molar-refractivity contribution is -0.157. The number of carbonyl (C=O) groups is 1. The van der Waals surface area contributed by atoms with E-state index in [1.807, 2.05) is 0 Å². The first-order valence-electron chi connectivity index (χ1n) is 11.6. The quantitative estimate of drug-likeness (QED) is 0.457. The summed E-state index contributed by atoms with van der Waals surface area (Å²) in [5.74, 6) is 0.782. The van der Waals surface area contributed by atoms with E-state index in [0.717, 1.165) is 25.7 Å². The van der Waals surface area contributed by atoms with Gasteiger partial charge in [0.2, 0.25) is 0 Å². The smallest absolute Gasteiger partial charge is 0.344 e. The molecule has 1 aromatic heterocycles. The molecular formula is C27H30O8. The van der Waals surface area contributed by atoms with E-state index in [0.29, 0.717) is 22.8 Å². The van der Waals surface area contributed by atoms with Gasteiger partial charge in [0.1, 0.15) is 33.8 Å². The summed E-state index contributed by atoms with van der Waals surface area (Å²) in [6.45, 7) is 4.91. The molecule has 186 valence electrons. The Kier molecular flexibility index (Phi) is 6.91. The molecule has 0 saturated heterocycles. The Morgan fingerprint density at radius 1 is 1.09 bits per heavy atom. The van der Waals surface area contributed by atoms with Crippen molar-refractivity contribution in [2.75, 3.05) is 13.7 Å². The predicted molar refractivity (Wildman–Crippen MR) is 130 cm³/mol. The standard InChI is InChI=1S/C27H30O8/c1-27(2,3)35-25(30)15-32-18-12-19(28)26-20(29)14-22(34-24(26)13-18)16-9-10-21(31-4)23(11-16)33-17-7-5-6-8-17/h9-14,17,28H,5-8,15H2,1-4H3. The molecule has 1 N–H and O–H groups in total. The molecular weight excluding hydrogens is 452 g/mol. The number of fused-ring (bicyclic) bond motifs is 1. The van der Waals surface area contributed by atoms with Gasteiger partial charge in [-0.1, -0.05) is 0 Å². The molecule has 0 spiro atoms. The molecule has 2 aromatic carbocycles. The summed E-state index contributed by atoms with van der Waals surface area (Å²) in [5.41, 5.74) is -0.309. The zero-order valence-electron chi connectivity index (χ0n) is 20.4. The second kappa shape index (κ2) is 9.90. The molecule has 8 heteroatoms. The van der Waals surface area contributed by atoms with Crippen molar-refractivity contribution in [3.05, 3.63) is 46.6 Å². The summed E-state index contributed by atoms with van der Waals surface area (Å²) >= 11 is 0. The molecule has 1 fully saturated rings. The Morgan fingerprint density at radius 3 is 2.51 bits per heavy atom. The van der Waals surface area contributed by atoms with Gasteiger partial charge in [-0.25, -0.2) is 4.79 Å². The van der Waals surface area contributed by atoms with Gasteiger partial charge in [0.25, 0.3) is 0 Å². The van der Waals surface area contributed by atoms with Crippen molar-refractivity contribution < 1.29 is 33.3 Å². The first kappa shape index (κ1) is 24.4. The number of ether oxygens (including phenoxy) is 4. The molecule has 0 atom stereocenters. The van der Waals surface area contributed by atoms with E-state index in [1.165, 1.54) is 18.2 Å². The van der Waals surface area contributed by atoms with E-state index in [9.17, 15) is 14.7 Å². The van der Waals surface area contributed by atoms with Crippen LogP contribution in [-0.2, 0) is 9.53 Å². The Morgan fingerprint density at radius 2 is 1.83 bits per heavy atom. The van der Waals surface area contributed by atoms with Gasteiger partial charge in [-0.3, -0.25) is 4.79 Å². The van der Waals surface area contributed by atoms with Crippen molar-refractivity contribution in [2.24, 2.45) is 0 Å². The first-order chi connectivity index (χ1) is 16.6. The summed E-state index contributed by atoms with van der Waals surface area (Å²) in [7, 11) is 1.58. The lowest BCUT2D eigenvalue weighted by Gasteiger charge is -2.19. The minimum absolute atomic E-state index is 0.0225. The largest absolute Gasteiger partial charge is 0.507 e. The number of hydrogen-bond donors (Lipinski definition) is 1. The maximum absolute atomic E-state index is 12.8. The third-order valence-electron chi connectivity index (χ3n) is 5.60. The van der Waals surface area contributed by atoms with Gasteiger partial charge in [0.15, 0.2) is 23.5 Å². The molecule has 35 heavy (non-hydrogen) atoms. The number of phenolic OH excluding ortho intramolecular Hbond substituents is 1. The van der Waals surface area contributed by atoms with Crippen molar-refractivity contribution in [1.82, 2.24) is 0 Å². The highest BCUT2D eigenvalue weighted by Gasteiger charge is 2.21. The number of rotatable bonds is 7. The SMILES string of the molecule is COc1ccc(-c2cc(=O)c3c(O)cc(OCC(=O)OC(C)(C)C)cc3o2)cc1OC1CCCC1. The van der Waals surface area contributed by atoms with E-state index in [-0.39, 0.29) is 35.2 Å². The number of esters is 1. The molecule has 0 radical (unpaired) electrons. The van der Waals surface area contributed by atoms with Crippen LogP contribution in [0.4, 0.5) is 0 Å². The molecule has 0 bridgehead atoms. The maximum atomic E-state index is 12.8. The number of benzene rings is 2. The van der Waals surface area contributed by atoms with Crippen molar-refractivity contribution >= 4 is 16.9 Å². The van der Waals surface area contributed by atoms with Gasteiger partial charge in [-0.15, -0.1) is 0 Å². The van der Waals surface area contributed by atoms with Gasteiger partial charge >= 0.3 is 5.97 Å². The van der Waals surface area contributed by atoms with Gasteiger partial charge in [-0.05, 0) is 64.7 Å². The molecule has 0 unspecified atom stereocenters. The fourth-order valence-corrected chi connectivity index (χ4v) is 4.09. The topological polar surface area (TPSA) is 104 Å². The van der Waals surface area contributed by atoms with Gasteiger partial charge in [0.05, 0.1) is 13.2 Å². The number of carbonyl (C=O) groups excluding carboxylic acids is 1. The summed E-state index contributed by atoms with van der Waals surface area (Å²) < 4.78 is 28.3. The molecule has 1 aliphatic rings.